The van der Waals surface area contributed by atoms with E-state index in [1.165, 1.54) is 12.2 Å². The van der Waals surface area contributed by atoms with E-state index < -0.39 is 54.5 Å². The molecule has 1 unspecified atom stereocenters. The summed E-state index contributed by atoms with van der Waals surface area (Å²) >= 11 is 0. The number of hydrogen-bond donors (Lipinski definition) is 2. The first-order valence-electron chi connectivity index (χ1n) is 7.51. The van der Waals surface area contributed by atoms with Crippen LogP contribution in [0.3, 0.4) is 0 Å². The van der Waals surface area contributed by atoms with Crippen LogP contribution in [0.2, 0.25) is 0 Å². The summed E-state index contributed by atoms with van der Waals surface area (Å²) in [6.07, 6.45) is -10.1. The molecule has 0 aliphatic heterocycles. The van der Waals surface area contributed by atoms with Crippen molar-refractivity contribution in [2.75, 3.05) is 18.5 Å². The second-order valence-electron chi connectivity index (χ2n) is 4.99. The maximum absolute atomic E-state index is 13.4. The van der Waals surface area contributed by atoms with Crippen LogP contribution in [0.25, 0.3) is 0 Å². The minimum absolute atomic E-state index is 0.430. The Bertz CT molecular complexity index is 677. The molecule has 0 spiro atoms. The molecule has 6 nitrogen and oxygen atoms in total. The van der Waals surface area contributed by atoms with Gasteiger partial charge in [0.15, 0.2) is 0 Å². The summed E-state index contributed by atoms with van der Waals surface area (Å²) in [5.41, 5.74) is -5.39. The Morgan fingerprint density at radius 2 is 1.67 bits per heavy atom. The Labute approximate surface area is 149 Å². The monoisotopic (exact) mass is 402 g/mol. The number of carbonyl (C=O) groups is 2. The highest BCUT2D eigenvalue weighted by molar-refractivity contribution is 5.94. The second kappa shape index (κ2) is 8.46. The lowest BCUT2D eigenvalue weighted by Gasteiger charge is -2.33. The molecule has 2 N–H and O–H groups in total. The third-order valence-corrected chi connectivity index (χ3v) is 3.06. The summed E-state index contributed by atoms with van der Waals surface area (Å²) < 4.78 is 87.1. The Balaban J connectivity index is 3.12. The largest absolute Gasteiger partial charge is 0.462 e. The first kappa shape index (κ1) is 22.5. The van der Waals surface area contributed by atoms with Crippen LogP contribution in [0, 0.1) is 0 Å². The number of alkyl halides is 6. The van der Waals surface area contributed by atoms with Gasteiger partial charge in [-0.25, -0.2) is 9.59 Å². The molecule has 1 aromatic rings. The highest BCUT2D eigenvalue weighted by Gasteiger charge is 2.64. The molecule has 0 fully saturated rings. The number of rotatable bonds is 6. The summed E-state index contributed by atoms with van der Waals surface area (Å²) in [6.45, 7) is 1.34. The molecule has 0 heterocycles. The zero-order chi connectivity index (χ0) is 20.9. The van der Waals surface area contributed by atoms with E-state index in [4.69, 9.17) is 0 Å². The van der Waals surface area contributed by atoms with Crippen molar-refractivity contribution in [2.24, 2.45) is 0 Å². The molecule has 1 aromatic carbocycles. The maximum Gasteiger partial charge on any atom is 0.448 e. The predicted molar refractivity (Wildman–Crippen MR) is 80.6 cm³/mol. The summed E-state index contributed by atoms with van der Waals surface area (Å²) in [5.74, 6) is -1.92. The van der Waals surface area contributed by atoms with Gasteiger partial charge in [-0.05, 0) is 32.0 Å². The van der Waals surface area contributed by atoms with Crippen LogP contribution < -0.4 is 10.6 Å². The average molecular weight is 402 g/mol. The number of anilines is 1. The molecular formula is C15H16F6N2O4. The number of nitrogens with one attached hydrogen (secondary N) is 2. The van der Waals surface area contributed by atoms with Crippen molar-refractivity contribution < 1.29 is 45.4 Å². The topological polar surface area (TPSA) is 76.7 Å². The number of esters is 1. The van der Waals surface area contributed by atoms with Crippen LogP contribution >= 0.6 is 0 Å². The molecule has 2 amide bonds. The average Bonchev–Trinajstić information content (AvgIpc) is 2.52. The second-order valence-corrected chi connectivity index (χ2v) is 4.99. The van der Waals surface area contributed by atoms with Gasteiger partial charge >= 0.3 is 30.1 Å². The van der Waals surface area contributed by atoms with Crippen LogP contribution in [0.1, 0.15) is 19.4 Å². The first-order valence-corrected chi connectivity index (χ1v) is 7.51. The van der Waals surface area contributed by atoms with E-state index in [-0.39, 0.29) is 0 Å². The van der Waals surface area contributed by atoms with Crippen LogP contribution in [0.15, 0.2) is 24.3 Å². The number of hydrogen-bond acceptors (Lipinski definition) is 4. The molecule has 0 saturated carbocycles. The van der Waals surface area contributed by atoms with Gasteiger partial charge in [0, 0.05) is 12.3 Å². The van der Waals surface area contributed by atoms with E-state index >= 15 is 0 Å². The summed E-state index contributed by atoms with van der Waals surface area (Å²) in [4.78, 5) is 23.7. The van der Waals surface area contributed by atoms with E-state index in [2.05, 4.69) is 9.47 Å². The van der Waals surface area contributed by atoms with Crippen molar-refractivity contribution in [2.45, 2.75) is 31.9 Å². The van der Waals surface area contributed by atoms with Gasteiger partial charge in [-0.15, -0.1) is 0 Å². The number of halogens is 6. The van der Waals surface area contributed by atoms with Crippen LogP contribution in [0.4, 0.5) is 36.8 Å². The number of ether oxygens (including phenoxy) is 2. The van der Waals surface area contributed by atoms with E-state index in [0.717, 1.165) is 19.1 Å². The van der Waals surface area contributed by atoms with Gasteiger partial charge in [0.2, 0.25) is 0 Å². The van der Waals surface area contributed by atoms with Gasteiger partial charge in [0.05, 0.1) is 12.2 Å². The summed E-state index contributed by atoms with van der Waals surface area (Å²) in [7, 11) is 0. The standard InChI is InChI=1S/C15H16F6N2O4/c1-3-26-11(24)13(27-4-2,15(19,20)21)23-12(25)22-10-7-5-6-9(8-10)14(16,17)18/h5-8H,3-4H2,1-2H3,(H2,22,23,25). The zero-order valence-electron chi connectivity index (χ0n) is 14.1. The van der Waals surface area contributed by atoms with Crippen LogP contribution in [0.5, 0.6) is 0 Å². The molecule has 1 rings (SSSR count). The first-order chi connectivity index (χ1) is 12.4. The Hall–Kier alpha value is -2.50. The number of urea groups is 1. The fourth-order valence-corrected chi connectivity index (χ4v) is 1.96. The van der Waals surface area contributed by atoms with E-state index in [9.17, 15) is 35.9 Å². The normalized spacial score (nSPS) is 14.2. The summed E-state index contributed by atoms with van der Waals surface area (Å²) in [6, 6.07) is 1.58. The maximum atomic E-state index is 13.4. The third-order valence-electron chi connectivity index (χ3n) is 3.06. The molecule has 12 heteroatoms. The molecule has 0 bridgehead atoms. The Morgan fingerprint density at radius 3 is 2.15 bits per heavy atom. The third kappa shape index (κ3) is 5.49. The molecule has 27 heavy (non-hydrogen) atoms. The van der Waals surface area contributed by atoms with E-state index in [1.54, 1.807) is 5.32 Å². The lowest BCUT2D eigenvalue weighted by atomic mass is 10.2. The van der Waals surface area contributed by atoms with Gasteiger partial charge in [0.25, 0.3) is 0 Å². The van der Waals surface area contributed by atoms with E-state index in [1.807, 2.05) is 0 Å². The molecule has 0 radical (unpaired) electrons. The molecule has 0 saturated heterocycles. The molecule has 0 aromatic heterocycles. The lowest BCUT2D eigenvalue weighted by molar-refractivity contribution is -0.282. The van der Waals surface area contributed by atoms with Crippen LogP contribution in [-0.4, -0.2) is 37.1 Å². The van der Waals surface area contributed by atoms with Gasteiger partial charge in [-0.2, -0.15) is 26.3 Å². The number of carbonyl (C=O) groups excluding carboxylic acids is 2. The van der Waals surface area contributed by atoms with Gasteiger partial charge in [-0.1, -0.05) is 6.07 Å². The number of benzene rings is 1. The fraction of sp³-hybridized carbons (Fsp3) is 0.467. The molecule has 0 aliphatic carbocycles. The Morgan fingerprint density at radius 1 is 1.04 bits per heavy atom. The molecular weight excluding hydrogens is 386 g/mol. The van der Waals surface area contributed by atoms with Crippen molar-refractivity contribution in [3.05, 3.63) is 29.8 Å². The quantitative estimate of drug-likeness (QED) is 0.432. The highest BCUT2D eigenvalue weighted by atomic mass is 19.4. The molecule has 1 atom stereocenters. The summed E-state index contributed by atoms with van der Waals surface area (Å²) in [5, 5.41) is 3.11. The zero-order valence-corrected chi connectivity index (χ0v) is 14.1. The van der Waals surface area contributed by atoms with E-state index in [0.29, 0.717) is 12.1 Å². The predicted octanol–water partition coefficient (Wildman–Crippen LogP) is 3.69. The van der Waals surface area contributed by atoms with Crippen molar-refractivity contribution in [1.82, 2.24) is 5.32 Å². The van der Waals surface area contributed by atoms with Crippen molar-refractivity contribution in [3.8, 4) is 0 Å². The highest BCUT2D eigenvalue weighted by Crippen LogP contribution is 2.34. The Kier molecular flexibility index (Phi) is 7.06. The SMILES string of the molecule is CCOC(=O)C(NC(=O)Nc1cccc(C(F)(F)F)c1)(OCC)C(F)(F)F. The smallest absolute Gasteiger partial charge is 0.448 e. The van der Waals surface area contributed by atoms with Crippen LogP contribution in [-0.2, 0) is 20.4 Å². The van der Waals surface area contributed by atoms with Gasteiger partial charge < -0.3 is 14.8 Å². The van der Waals surface area contributed by atoms with Crippen molar-refractivity contribution in [3.63, 3.8) is 0 Å². The fourth-order valence-electron chi connectivity index (χ4n) is 1.96. The van der Waals surface area contributed by atoms with Crippen molar-refractivity contribution >= 4 is 17.7 Å². The number of amides is 2. The minimum Gasteiger partial charge on any atom is -0.462 e. The molecule has 152 valence electrons. The van der Waals surface area contributed by atoms with Crippen molar-refractivity contribution in [1.29, 1.82) is 0 Å². The van der Waals surface area contributed by atoms with Gasteiger partial charge in [-0.3, -0.25) is 5.32 Å². The molecule has 0 aliphatic rings. The lowest BCUT2D eigenvalue weighted by Crippen LogP contribution is -2.67. The van der Waals surface area contributed by atoms with Gasteiger partial charge in [0.1, 0.15) is 0 Å². The minimum atomic E-state index is -5.40.